The lowest BCUT2D eigenvalue weighted by molar-refractivity contribution is -0.220. The molecule has 52 heavy (non-hydrogen) atoms. The number of hydrogen-bond acceptors (Lipinski definition) is 7. The van der Waals surface area contributed by atoms with Gasteiger partial charge in [0.15, 0.2) is 9.84 Å². The standard InChI is InChI=1S/C43H69N3O5S/c1-39(2)32(30-10-12-31(13-11-30)38(47)48)16-19-40(3)35(39)18-20-42(5)36(40)15-14-33-37-34(45(6)7)17-21-43(37,23-22-41(33,42)4)44-24-25-46(8)26-28-52(49,50)29-27-51-9/h10-13,16,33-37,44H,14-15,17-29H2,1-9H3,(H,47,48)/t33-,34-,35+,36-,37+,40+,41-,42-,43+/m1/s1. The lowest BCUT2D eigenvalue weighted by atomic mass is 9.33. The molecule has 292 valence electrons. The molecule has 9 heteroatoms. The molecule has 4 saturated carbocycles. The van der Waals surface area contributed by atoms with Crippen LogP contribution in [0.15, 0.2) is 30.3 Å². The molecule has 9 atom stereocenters. The largest absolute Gasteiger partial charge is 0.478 e. The summed E-state index contributed by atoms with van der Waals surface area (Å²) in [7, 11) is 5.09. The van der Waals surface area contributed by atoms with Crippen LogP contribution in [0.3, 0.4) is 0 Å². The average Bonchev–Trinajstić information content (AvgIpc) is 3.47. The minimum absolute atomic E-state index is 0.00516. The van der Waals surface area contributed by atoms with Gasteiger partial charge >= 0.3 is 5.97 Å². The summed E-state index contributed by atoms with van der Waals surface area (Å²) < 4.78 is 29.9. The van der Waals surface area contributed by atoms with Gasteiger partial charge in [-0.05, 0) is 148 Å². The second-order valence-electron chi connectivity index (χ2n) is 19.2. The normalized spacial score (nSPS) is 38.3. The summed E-state index contributed by atoms with van der Waals surface area (Å²) in [6, 6.07) is 8.15. The summed E-state index contributed by atoms with van der Waals surface area (Å²) in [5.41, 5.74) is 3.81. The summed E-state index contributed by atoms with van der Waals surface area (Å²) in [6.07, 6.45) is 13.7. The fourth-order valence-corrected chi connectivity index (χ4v) is 14.8. The summed E-state index contributed by atoms with van der Waals surface area (Å²) >= 11 is 0. The van der Waals surface area contributed by atoms with E-state index in [1.807, 2.05) is 12.1 Å². The number of carboxylic acid groups (broad SMARTS) is 1. The van der Waals surface area contributed by atoms with Crippen molar-refractivity contribution in [1.29, 1.82) is 0 Å². The number of aromatic carboxylic acids is 1. The van der Waals surface area contributed by atoms with Crippen molar-refractivity contribution < 1.29 is 23.1 Å². The van der Waals surface area contributed by atoms with Crippen molar-refractivity contribution in [3.05, 3.63) is 41.5 Å². The van der Waals surface area contributed by atoms with Crippen LogP contribution in [-0.4, -0.2) is 107 Å². The van der Waals surface area contributed by atoms with E-state index in [0.29, 0.717) is 41.8 Å². The number of ether oxygens (including phenoxy) is 1. The van der Waals surface area contributed by atoms with E-state index in [2.05, 4.69) is 77.0 Å². The quantitative estimate of drug-likeness (QED) is 0.221. The third-order valence-corrected chi connectivity index (χ3v) is 18.0. The molecule has 2 N–H and O–H groups in total. The molecule has 4 fully saturated rings. The number of hydrogen-bond donors (Lipinski definition) is 2. The van der Waals surface area contributed by atoms with Gasteiger partial charge in [-0.15, -0.1) is 0 Å². The predicted octanol–water partition coefficient (Wildman–Crippen LogP) is 7.11. The zero-order valence-electron chi connectivity index (χ0n) is 33.8. The Kier molecular flexibility index (Phi) is 11.0. The number of rotatable bonds is 13. The van der Waals surface area contributed by atoms with Crippen molar-refractivity contribution in [3.8, 4) is 0 Å². The van der Waals surface area contributed by atoms with Gasteiger partial charge in [0.1, 0.15) is 0 Å². The van der Waals surface area contributed by atoms with Gasteiger partial charge in [-0.1, -0.05) is 52.8 Å². The Morgan fingerprint density at radius 3 is 2.25 bits per heavy atom. The number of methoxy groups -OCH3 is 1. The van der Waals surface area contributed by atoms with E-state index in [9.17, 15) is 18.3 Å². The molecule has 8 nitrogen and oxygen atoms in total. The van der Waals surface area contributed by atoms with Crippen molar-refractivity contribution >= 4 is 21.4 Å². The molecule has 0 aliphatic heterocycles. The van der Waals surface area contributed by atoms with Crippen molar-refractivity contribution in [1.82, 2.24) is 15.1 Å². The van der Waals surface area contributed by atoms with E-state index < -0.39 is 15.8 Å². The molecule has 0 radical (unpaired) electrons. The fraction of sp³-hybridized carbons (Fsp3) is 0.791. The Labute approximate surface area is 315 Å². The number of likely N-dealkylation sites (N-methyl/N-ethyl adjacent to an activating group) is 1. The van der Waals surface area contributed by atoms with Gasteiger partial charge in [0.25, 0.3) is 0 Å². The second-order valence-corrected chi connectivity index (χ2v) is 21.5. The van der Waals surface area contributed by atoms with Gasteiger partial charge in [0, 0.05) is 38.3 Å². The molecule has 1 aromatic rings. The summed E-state index contributed by atoms with van der Waals surface area (Å²) in [5, 5.41) is 13.7. The number of nitrogens with one attached hydrogen (secondary N) is 1. The van der Waals surface area contributed by atoms with Crippen molar-refractivity contribution in [2.75, 3.05) is 66.0 Å². The molecule has 0 bridgehead atoms. The highest BCUT2D eigenvalue weighted by Crippen LogP contribution is 2.76. The summed E-state index contributed by atoms with van der Waals surface area (Å²) in [4.78, 5) is 16.3. The van der Waals surface area contributed by atoms with E-state index in [0.717, 1.165) is 19.5 Å². The van der Waals surface area contributed by atoms with E-state index in [1.165, 1.54) is 62.5 Å². The first-order valence-electron chi connectivity index (χ1n) is 20.2. The van der Waals surface area contributed by atoms with Crippen molar-refractivity contribution in [2.45, 2.75) is 104 Å². The molecular formula is C43H69N3O5S. The molecule has 0 spiro atoms. The van der Waals surface area contributed by atoms with E-state index in [4.69, 9.17) is 4.74 Å². The molecule has 0 saturated heterocycles. The highest BCUT2D eigenvalue weighted by atomic mass is 32.2. The maximum Gasteiger partial charge on any atom is 0.335 e. The van der Waals surface area contributed by atoms with Crippen LogP contribution >= 0.6 is 0 Å². The average molecular weight is 740 g/mol. The Hall–Kier alpha value is -1.78. The molecule has 5 aliphatic carbocycles. The van der Waals surface area contributed by atoms with Gasteiger partial charge in [0.2, 0.25) is 0 Å². The Morgan fingerprint density at radius 1 is 0.885 bits per heavy atom. The Balaban J connectivity index is 1.21. The smallest absolute Gasteiger partial charge is 0.335 e. The van der Waals surface area contributed by atoms with Crippen LogP contribution in [0.5, 0.6) is 0 Å². The Bertz CT molecular complexity index is 1610. The minimum atomic E-state index is -3.10. The van der Waals surface area contributed by atoms with Gasteiger partial charge in [0.05, 0.1) is 23.7 Å². The van der Waals surface area contributed by atoms with Gasteiger partial charge in [-0.25, -0.2) is 13.2 Å². The number of benzene rings is 1. The van der Waals surface area contributed by atoms with Gasteiger partial charge < -0.3 is 25.0 Å². The number of carboxylic acids is 1. The molecule has 6 rings (SSSR count). The van der Waals surface area contributed by atoms with E-state index >= 15 is 0 Å². The monoisotopic (exact) mass is 739 g/mol. The van der Waals surface area contributed by atoms with E-state index in [-0.39, 0.29) is 45.3 Å². The number of sulfone groups is 1. The van der Waals surface area contributed by atoms with Crippen LogP contribution < -0.4 is 5.32 Å². The zero-order chi connectivity index (χ0) is 37.9. The minimum Gasteiger partial charge on any atom is -0.478 e. The van der Waals surface area contributed by atoms with E-state index in [1.54, 1.807) is 19.2 Å². The zero-order valence-corrected chi connectivity index (χ0v) is 34.6. The molecule has 0 aromatic heterocycles. The fourth-order valence-electron chi connectivity index (χ4n) is 13.5. The van der Waals surface area contributed by atoms with Gasteiger partial charge in [-0.3, -0.25) is 0 Å². The molecule has 1 aromatic carbocycles. The molecule has 0 amide bonds. The van der Waals surface area contributed by atoms with Crippen LogP contribution in [0.2, 0.25) is 0 Å². The maximum absolute atomic E-state index is 12.4. The maximum atomic E-state index is 12.4. The van der Waals surface area contributed by atoms with Crippen molar-refractivity contribution in [2.24, 2.45) is 45.3 Å². The highest BCUT2D eigenvalue weighted by molar-refractivity contribution is 7.91. The number of allylic oxidation sites excluding steroid dienone is 2. The number of fused-ring (bicyclic) bond motifs is 7. The van der Waals surface area contributed by atoms with Crippen molar-refractivity contribution in [3.63, 3.8) is 0 Å². The third kappa shape index (κ3) is 6.64. The summed E-state index contributed by atoms with van der Waals surface area (Å²) in [5.74, 6) is 1.92. The molecule has 0 unspecified atom stereocenters. The number of nitrogens with zero attached hydrogens (tertiary/aromatic N) is 2. The topological polar surface area (TPSA) is 99.2 Å². The van der Waals surface area contributed by atoms with Crippen LogP contribution in [0.1, 0.15) is 108 Å². The van der Waals surface area contributed by atoms with Gasteiger partial charge in [-0.2, -0.15) is 0 Å². The molecule has 5 aliphatic rings. The first-order valence-corrected chi connectivity index (χ1v) is 22.0. The highest BCUT2D eigenvalue weighted by Gasteiger charge is 2.70. The van der Waals surface area contributed by atoms with Crippen LogP contribution in [0.4, 0.5) is 0 Å². The molecule has 0 heterocycles. The van der Waals surface area contributed by atoms with Crippen LogP contribution in [0.25, 0.3) is 5.57 Å². The second kappa shape index (κ2) is 14.4. The number of carbonyl (C=O) groups is 1. The predicted molar refractivity (Wildman–Crippen MR) is 211 cm³/mol. The first-order chi connectivity index (χ1) is 24.4. The Morgan fingerprint density at radius 2 is 1.60 bits per heavy atom. The lowest BCUT2D eigenvalue weighted by Crippen LogP contribution is -2.69. The van der Waals surface area contributed by atoms with Crippen LogP contribution in [-0.2, 0) is 14.6 Å². The summed E-state index contributed by atoms with van der Waals surface area (Å²) in [6.45, 7) is 15.5. The third-order valence-electron chi connectivity index (χ3n) is 16.4. The van der Waals surface area contributed by atoms with Crippen LogP contribution in [0, 0.1) is 45.3 Å². The SMILES string of the molecule is COCCS(=O)(=O)CCN(C)CCN[C@]12CC[C@@H](N(C)C)[C@@H]1[C@H]1CC[C@@H]3[C@@]4(C)CC=C(c5ccc(C(=O)O)cc5)C(C)(C)[C@@H]4CC[C@@]3(C)[C@]1(C)CC2. The first kappa shape index (κ1) is 39.9. The lowest BCUT2D eigenvalue weighted by Gasteiger charge is -2.72. The molecular weight excluding hydrogens is 671 g/mol.